The van der Waals surface area contributed by atoms with Gasteiger partial charge < -0.3 is 10.1 Å². The van der Waals surface area contributed by atoms with E-state index < -0.39 is 0 Å². The van der Waals surface area contributed by atoms with Gasteiger partial charge in [-0.25, -0.2) is 4.68 Å². The summed E-state index contributed by atoms with van der Waals surface area (Å²) in [4.78, 5) is 24.8. The van der Waals surface area contributed by atoms with Gasteiger partial charge in [-0.15, -0.1) is 0 Å². The smallest absolute Gasteiger partial charge is 0.274 e. The maximum Gasteiger partial charge on any atom is 0.274 e. The Morgan fingerprint density at radius 1 is 1.11 bits per heavy atom. The SMILES string of the molecule is CC(C)COc1ccccc1NC(=O)Cc1nn(C)c(=O)c2ccccc12. The fraction of sp³-hybridized carbons (Fsp3) is 0.286. The van der Waals surface area contributed by atoms with Crippen molar-refractivity contribution in [2.75, 3.05) is 11.9 Å². The van der Waals surface area contributed by atoms with E-state index in [4.69, 9.17) is 4.74 Å². The predicted octanol–water partition coefficient (Wildman–Crippen LogP) is 3.15. The normalized spacial score (nSPS) is 11.0. The topological polar surface area (TPSA) is 73.2 Å². The van der Waals surface area contributed by atoms with Crippen LogP contribution in [0.15, 0.2) is 53.3 Å². The second kappa shape index (κ2) is 8.03. The maximum atomic E-state index is 12.6. The predicted molar refractivity (Wildman–Crippen MR) is 106 cm³/mol. The number of rotatable bonds is 6. The van der Waals surface area contributed by atoms with Crippen molar-refractivity contribution < 1.29 is 9.53 Å². The van der Waals surface area contributed by atoms with E-state index in [2.05, 4.69) is 24.3 Å². The minimum Gasteiger partial charge on any atom is -0.491 e. The van der Waals surface area contributed by atoms with Gasteiger partial charge in [0.15, 0.2) is 0 Å². The van der Waals surface area contributed by atoms with Gasteiger partial charge in [0, 0.05) is 12.4 Å². The zero-order chi connectivity index (χ0) is 19.4. The average Bonchev–Trinajstić information content (AvgIpc) is 2.65. The first-order chi connectivity index (χ1) is 13.0. The van der Waals surface area contributed by atoms with Crippen LogP contribution in [0.5, 0.6) is 5.75 Å². The largest absolute Gasteiger partial charge is 0.491 e. The van der Waals surface area contributed by atoms with Gasteiger partial charge in [0.05, 0.1) is 29.8 Å². The summed E-state index contributed by atoms with van der Waals surface area (Å²) in [6, 6.07) is 14.5. The molecule has 3 aromatic rings. The molecule has 1 N–H and O–H groups in total. The minimum atomic E-state index is -0.216. The van der Waals surface area contributed by atoms with Crippen molar-refractivity contribution in [1.82, 2.24) is 9.78 Å². The van der Waals surface area contributed by atoms with Gasteiger partial charge in [0.25, 0.3) is 5.56 Å². The highest BCUT2D eigenvalue weighted by Crippen LogP contribution is 2.24. The summed E-state index contributed by atoms with van der Waals surface area (Å²) >= 11 is 0. The van der Waals surface area contributed by atoms with E-state index in [0.29, 0.717) is 40.4 Å². The molecule has 0 saturated heterocycles. The second-order valence-corrected chi connectivity index (χ2v) is 6.85. The standard InChI is InChI=1S/C21H23N3O3/c1-14(2)13-27-19-11-7-6-10-17(19)22-20(25)12-18-15-8-4-5-9-16(15)21(26)24(3)23-18/h4-11,14H,12-13H2,1-3H3,(H,22,25). The first kappa shape index (κ1) is 18.6. The Balaban J connectivity index is 1.83. The molecule has 140 valence electrons. The maximum absolute atomic E-state index is 12.6. The van der Waals surface area contributed by atoms with Crippen molar-refractivity contribution in [2.24, 2.45) is 13.0 Å². The third-order valence-electron chi connectivity index (χ3n) is 4.09. The first-order valence-corrected chi connectivity index (χ1v) is 8.92. The molecule has 0 spiro atoms. The summed E-state index contributed by atoms with van der Waals surface area (Å²) in [5, 5.41) is 8.42. The summed E-state index contributed by atoms with van der Waals surface area (Å²) in [6.07, 6.45) is 0.0626. The number of aryl methyl sites for hydroxylation is 1. The molecule has 3 rings (SSSR count). The van der Waals surface area contributed by atoms with Crippen molar-refractivity contribution >= 4 is 22.4 Å². The van der Waals surface area contributed by atoms with E-state index in [1.54, 1.807) is 25.2 Å². The van der Waals surface area contributed by atoms with Crippen molar-refractivity contribution in [1.29, 1.82) is 0 Å². The number of amides is 1. The van der Waals surface area contributed by atoms with Crippen LogP contribution < -0.4 is 15.6 Å². The summed E-state index contributed by atoms with van der Waals surface area (Å²) in [5.74, 6) is 0.805. The van der Waals surface area contributed by atoms with Crippen LogP contribution in [0.25, 0.3) is 10.8 Å². The molecule has 0 aliphatic heterocycles. The number of hydrogen-bond acceptors (Lipinski definition) is 4. The monoisotopic (exact) mass is 365 g/mol. The van der Waals surface area contributed by atoms with E-state index in [0.717, 1.165) is 0 Å². The van der Waals surface area contributed by atoms with Gasteiger partial charge in [-0.05, 0) is 24.1 Å². The minimum absolute atomic E-state index is 0.0626. The summed E-state index contributed by atoms with van der Waals surface area (Å²) in [7, 11) is 1.59. The van der Waals surface area contributed by atoms with Crippen LogP contribution in [-0.2, 0) is 18.3 Å². The van der Waals surface area contributed by atoms with E-state index in [9.17, 15) is 9.59 Å². The Hall–Kier alpha value is -3.15. The molecule has 0 aliphatic rings. The van der Waals surface area contributed by atoms with Crippen LogP contribution in [0.2, 0.25) is 0 Å². The van der Waals surface area contributed by atoms with Gasteiger partial charge in [0.1, 0.15) is 5.75 Å². The molecule has 1 heterocycles. The van der Waals surface area contributed by atoms with Crippen LogP contribution in [0.3, 0.4) is 0 Å². The number of carbonyl (C=O) groups is 1. The number of nitrogens with one attached hydrogen (secondary N) is 1. The van der Waals surface area contributed by atoms with E-state index >= 15 is 0 Å². The molecule has 2 aromatic carbocycles. The number of aromatic nitrogens is 2. The Bertz CT molecular complexity index is 1020. The fourth-order valence-corrected chi connectivity index (χ4v) is 2.81. The lowest BCUT2D eigenvalue weighted by Crippen LogP contribution is -2.24. The summed E-state index contributed by atoms with van der Waals surface area (Å²) < 4.78 is 7.05. The molecular weight excluding hydrogens is 342 g/mol. The van der Waals surface area contributed by atoms with Crippen molar-refractivity contribution in [3.05, 3.63) is 64.6 Å². The lowest BCUT2D eigenvalue weighted by Gasteiger charge is -2.14. The van der Waals surface area contributed by atoms with Gasteiger partial charge in [0.2, 0.25) is 5.91 Å². The van der Waals surface area contributed by atoms with Crippen LogP contribution >= 0.6 is 0 Å². The third kappa shape index (κ3) is 4.34. The molecular formula is C21H23N3O3. The quantitative estimate of drug-likeness (QED) is 0.728. The molecule has 0 fully saturated rings. The Labute approximate surface area is 157 Å². The highest BCUT2D eigenvalue weighted by atomic mass is 16.5. The molecule has 0 atom stereocenters. The number of fused-ring (bicyclic) bond motifs is 1. The van der Waals surface area contributed by atoms with Crippen molar-refractivity contribution in [3.63, 3.8) is 0 Å². The van der Waals surface area contributed by atoms with E-state index in [1.165, 1.54) is 4.68 Å². The number of para-hydroxylation sites is 2. The van der Waals surface area contributed by atoms with Gasteiger partial charge in [-0.3, -0.25) is 9.59 Å². The molecule has 0 bridgehead atoms. The Morgan fingerprint density at radius 2 is 1.78 bits per heavy atom. The highest BCUT2D eigenvalue weighted by Gasteiger charge is 2.14. The van der Waals surface area contributed by atoms with Crippen LogP contribution in [0.4, 0.5) is 5.69 Å². The number of hydrogen-bond donors (Lipinski definition) is 1. The second-order valence-electron chi connectivity index (χ2n) is 6.85. The van der Waals surface area contributed by atoms with E-state index in [-0.39, 0.29) is 17.9 Å². The zero-order valence-corrected chi connectivity index (χ0v) is 15.7. The Morgan fingerprint density at radius 3 is 2.52 bits per heavy atom. The highest BCUT2D eigenvalue weighted by molar-refractivity contribution is 5.96. The molecule has 0 unspecified atom stereocenters. The van der Waals surface area contributed by atoms with Crippen LogP contribution in [0.1, 0.15) is 19.5 Å². The van der Waals surface area contributed by atoms with E-state index in [1.807, 2.05) is 30.3 Å². The van der Waals surface area contributed by atoms with Gasteiger partial charge >= 0.3 is 0 Å². The lowest BCUT2D eigenvalue weighted by atomic mass is 10.1. The zero-order valence-electron chi connectivity index (χ0n) is 15.7. The number of anilines is 1. The molecule has 6 heteroatoms. The molecule has 0 aliphatic carbocycles. The summed E-state index contributed by atoms with van der Waals surface area (Å²) in [6.45, 7) is 4.70. The first-order valence-electron chi connectivity index (χ1n) is 8.92. The third-order valence-corrected chi connectivity index (χ3v) is 4.09. The van der Waals surface area contributed by atoms with Crippen LogP contribution in [0, 0.1) is 5.92 Å². The number of carbonyl (C=O) groups excluding carboxylic acids is 1. The lowest BCUT2D eigenvalue weighted by molar-refractivity contribution is -0.115. The van der Waals surface area contributed by atoms with Crippen LogP contribution in [-0.4, -0.2) is 22.3 Å². The van der Waals surface area contributed by atoms with Crippen molar-refractivity contribution in [3.8, 4) is 5.75 Å². The number of nitrogens with zero attached hydrogens (tertiary/aromatic N) is 2. The molecule has 27 heavy (non-hydrogen) atoms. The fourth-order valence-electron chi connectivity index (χ4n) is 2.81. The molecule has 0 radical (unpaired) electrons. The average molecular weight is 365 g/mol. The molecule has 0 saturated carbocycles. The Kier molecular flexibility index (Phi) is 5.54. The van der Waals surface area contributed by atoms with Crippen molar-refractivity contribution in [2.45, 2.75) is 20.3 Å². The molecule has 6 nitrogen and oxygen atoms in total. The molecule has 1 aromatic heterocycles. The molecule has 1 amide bonds. The number of benzene rings is 2. The van der Waals surface area contributed by atoms with Gasteiger partial charge in [-0.1, -0.05) is 44.2 Å². The number of ether oxygens (including phenoxy) is 1. The summed E-state index contributed by atoms with van der Waals surface area (Å²) in [5.41, 5.74) is 1.00. The van der Waals surface area contributed by atoms with Gasteiger partial charge in [-0.2, -0.15) is 5.10 Å².